The minimum absolute atomic E-state index is 0.292. The van der Waals surface area contributed by atoms with Gasteiger partial charge in [0.05, 0.1) is 45.3 Å². The maximum absolute atomic E-state index is 12.5. The van der Waals surface area contributed by atoms with Crippen LogP contribution >= 0.6 is 11.6 Å². The van der Waals surface area contributed by atoms with Crippen molar-refractivity contribution in [2.24, 2.45) is 0 Å². The minimum atomic E-state index is -0.292. The highest BCUT2D eigenvalue weighted by molar-refractivity contribution is 6.30. The van der Waals surface area contributed by atoms with Crippen molar-refractivity contribution in [1.29, 1.82) is 0 Å². The van der Waals surface area contributed by atoms with Crippen LogP contribution in [0.3, 0.4) is 0 Å². The van der Waals surface area contributed by atoms with Crippen molar-refractivity contribution in [2.75, 3.05) is 26.6 Å². The van der Waals surface area contributed by atoms with E-state index in [0.29, 0.717) is 40.1 Å². The summed E-state index contributed by atoms with van der Waals surface area (Å²) in [6.45, 7) is 0.484. The van der Waals surface area contributed by atoms with E-state index in [1.807, 2.05) is 18.2 Å². The van der Waals surface area contributed by atoms with E-state index in [4.69, 9.17) is 25.8 Å². The van der Waals surface area contributed by atoms with Crippen LogP contribution in [-0.2, 0) is 6.54 Å². The van der Waals surface area contributed by atoms with Gasteiger partial charge in [0.2, 0.25) is 0 Å². The number of carbonyl (C=O) groups is 1. The molecule has 0 spiro atoms. The number of hydrogen-bond acceptors (Lipinski definition) is 5. The Morgan fingerprint density at radius 2 is 1.79 bits per heavy atom. The molecule has 0 aliphatic heterocycles. The molecule has 28 heavy (non-hydrogen) atoms. The van der Waals surface area contributed by atoms with E-state index in [1.54, 1.807) is 43.3 Å². The van der Waals surface area contributed by atoms with Crippen molar-refractivity contribution in [3.8, 4) is 17.2 Å². The zero-order valence-corrected chi connectivity index (χ0v) is 16.5. The van der Waals surface area contributed by atoms with Gasteiger partial charge >= 0.3 is 0 Å². The Bertz CT molecular complexity index is 987. The Labute approximate surface area is 167 Å². The third-order valence-electron chi connectivity index (χ3n) is 4.10. The average molecular weight is 402 g/mol. The average Bonchev–Trinajstić information content (AvgIpc) is 3.17. The van der Waals surface area contributed by atoms with E-state index < -0.39 is 0 Å². The summed E-state index contributed by atoms with van der Waals surface area (Å²) in [4.78, 5) is 12.5. The summed E-state index contributed by atoms with van der Waals surface area (Å²) in [7, 11) is 4.69. The summed E-state index contributed by atoms with van der Waals surface area (Å²) >= 11 is 5.95. The predicted molar refractivity (Wildman–Crippen MR) is 107 cm³/mol. The van der Waals surface area contributed by atoms with E-state index in [9.17, 15) is 4.79 Å². The zero-order chi connectivity index (χ0) is 20.1. The molecule has 1 amide bonds. The van der Waals surface area contributed by atoms with Crippen LogP contribution in [0.2, 0.25) is 5.02 Å². The molecule has 0 saturated heterocycles. The van der Waals surface area contributed by atoms with E-state index in [1.165, 1.54) is 13.3 Å². The molecule has 8 heteroatoms. The second-order valence-electron chi connectivity index (χ2n) is 5.91. The van der Waals surface area contributed by atoms with Crippen LogP contribution < -0.4 is 19.5 Å². The first-order chi connectivity index (χ1) is 13.5. The van der Waals surface area contributed by atoms with Crippen LogP contribution in [-0.4, -0.2) is 37.0 Å². The van der Waals surface area contributed by atoms with Crippen LogP contribution in [0, 0.1) is 0 Å². The maximum Gasteiger partial charge on any atom is 0.258 e. The van der Waals surface area contributed by atoms with Gasteiger partial charge in [-0.3, -0.25) is 9.48 Å². The van der Waals surface area contributed by atoms with Gasteiger partial charge < -0.3 is 19.5 Å². The summed E-state index contributed by atoms with van der Waals surface area (Å²) in [6.07, 6.45) is 3.19. The second-order valence-corrected chi connectivity index (χ2v) is 6.35. The fourth-order valence-electron chi connectivity index (χ4n) is 2.70. The molecular formula is C20H20ClN3O4. The lowest BCUT2D eigenvalue weighted by atomic mass is 10.2. The van der Waals surface area contributed by atoms with Gasteiger partial charge in [-0.2, -0.15) is 5.10 Å². The molecule has 0 atom stereocenters. The van der Waals surface area contributed by atoms with Crippen molar-refractivity contribution < 1.29 is 19.0 Å². The largest absolute Gasteiger partial charge is 0.495 e. The van der Waals surface area contributed by atoms with Gasteiger partial charge in [-0.1, -0.05) is 17.7 Å². The molecule has 0 saturated carbocycles. The molecule has 0 radical (unpaired) electrons. The van der Waals surface area contributed by atoms with E-state index >= 15 is 0 Å². The number of methoxy groups -OCH3 is 3. The minimum Gasteiger partial charge on any atom is -0.495 e. The molecule has 7 nitrogen and oxygen atoms in total. The Balaban J connectivity index is 1.72. The van der Waals surface area contributed by atoms with Gasteiger partial charge in [0.25, 0.3) is 5.91 Å². The van der Waals surface area contributed by atoms with Crippen LogP contribution in [0.25, 0.3) is 0 Å². The van der Waals surface area contributed by atoms with Crippen molar-refractivity contribution in [3.05, 3.63) is 64.9 Å². The fraction of sp³-hybridized carbons (Fsp3) is 0.200. The topological polar surface area (TPSA) is 74.6 Å². The molecule has 3 aromatic rings. The summed E-state index contributed by atoms with van der Waals surface area (Å²) in [6, 6.07) is 10.6. The molecule has 1 N–H and O–H groups in total. The van der Waals surface area contributed by atoms with Crippen LogP contribution in [0.5, 0.6) is 17.2 Å². The molecule has 0 unspecified atom stereocenters. The van der Waals surface area contributed by atoms with Gasteiger partial charge in [-0.25, -0.2) is 0 Å². The number of rotatable bonds is 7. The normalized spacial score (nSPS) is 10.4. The quantitative estimate of drug-likeness (QED) is 0.650. The molecule has 0 aliphatic rings. The van der Waals surface area contributed by atoms with E-state index in [-0.39, 0.29) is 5.91 Å². The number of anilines is 1. The molecule has 2 aromatic carbocycles. The highest BCUT2D eigenvalue weighted by Gasteiger charge is 2.13. The third-order valence-corrected chi connectivity index (χ3v) is 4.33. The number of benzene rings is 2. The van der Waals surface area contributed by atoms with Crippen molar-refractivity contribution in [1.82, 2.24) is 9.78 Å². The Morgan fingerprint density at radius 1 is 1.04 bits per heavy atom. The monoisotopic (exact) mass is 401 g/mol. The number of carbonyl (C=O) groups excluding carboxylic acids is 1. The van der Waals surface area contributed by atoms with Gasteiger partial charge in [-0.05, 0) is 29.8 Å². The van der Waals surface area contributed by atoms with Crippen LogP contribution in [0.1, 0.15) is 15.9 Å². The van der Waals surface area contributed by atoms with Gasteiger partial charge in [0.15, 0.2) is 11.5 Å². The van der Waals surface area contributed by atoms with Crippen molar-refractivity contribution >= 4 is 23.2 Å². The number of halogens is 1. The second kappa shape index (κ2) is 8.67. The number of amides is 1. The van der Waals surface area contributed by atoms with Crippen LogP contribution in [0.15, 0.2) is 48.8 Å². The van der Waals surface area contributed by atoms with Gasteiger partial charge in [0.1, 0.15) is 5.75 Å². The predicted octanol–water partition coefficient (Wildman–Crippen LogP) is 3.86. The first kappa shape index (κ1) is 19.6. The first-order valence-corrected chi connectivity index (χ1v) is 8.80. The van der Waals surface area contributed by atoms with Crippen molar-refractivity contribution in [3.63, 3.8) is 0 Å². The molecule has 3 rings (SSSR count). The lowest BCUT2D eigenvalue weighted by molar-refractivity contribution is 0.102. The molecule has 0 aliphatic carbocycles. The molecule has 0 fully saturated rings. The number of hydrogen-bond donors (Lipinski definition) is 1. The van der Waals surface area contributed by atoms with Crippen LogP contribution in [0.4, 0.5) is 5.69 Å². The van der Waals surface area contributed by atoms with E-state index in [0.717, 1.165) is 5.56 Å². The summed E-state index contributed by atoms with van der Waals surface area (Å²) in [5.74, 6) is 1.49. The fourth-order valence-corrected chi connectivity index (χ4v) is 2.86. The molecule has 1 aromatic heterocycles. The summed E-state index contributed by atoms with van der Waals surface area (Å²) in [5, 5.41) is 7.59. The SMILES string of the molecule is COc1cc(Cl)ccc1NC(=O)c1cnn(Cc2ccc(OC)c(OC)c2)c1. The first-order valence-electron chi connectivity index (χ1n) is 8.42. The standard InChI is InChI=1S/C20H20ClN3O4/c1-26-17-7-4-13(8-19(17)28-3)11-24-12-14(10-22-24)20(25)23-16-6-5-15(21)9-18(16)27-2/h4-10,12H,11H2,1-3H3,(H,23,25). The Morgan fingerprint density at radius 3 is 2.50 bits per heavy atom. The smallest absolute Gasteiger partial charge is 0.258 e. The summed E-state index contributed by atoms with van der Waals surface area (Å²) in [5.41, 5.74) is 1.93. The Hall–Kier alpha value is -3.19. The molecular weight excluding hydrogens is 382 g/mol. The van der Waals surface area contributed by atoms with E-state index in [2.05, 4.69) is 10.4 Å². The van der Waals surface area contributed by atoms with Gasteiger partial charge in [-0.15, -0.1) is 0 Å². The lowest BCUT2D eigenvalue weighted by Crippen LogP contribution is -2.12. The number of ether oxygens (including phenoxy) is 3. The number of nitrogens with zero attached hydrogens (tertiary/aromatic N) is 2. The lowest BCUT2D eigenvalue weighted by Gasteiger charge is -2.10. The highest BCUT2D eigenvalue weighted by Crippen LogP contribution is 2.29. The van der Waals surface area contributed by atoms with Gasteiger partial charge in [0, 0.05) is 17.3 Å². The maximum atomic E-state index is 12.5. The molecule has 0 bridgehead atoms. The molecule has 1 heterocycles. The zero-order valence-electron chi connectivity index (χ0n) is 15.7. The molecule has 146 valence electrons. The third kappa shape index (κ3) is 4.37. The number of aromatic nitrogens is 2. The van der Waals surface area contributed by atoms with Crippen molar-refractivity contribution in [2.45, 2.75) is 6.54 Å². The Kier molecular flexibility index (Phi) is 6.06. The highest BCUT2D eigenvalue weighted by atomic mass is 35.5. The number of nitrogens with one attached hydrogen (secondary N) is 1. The summed E-state index contributed by atoms with van der Waals surface area (Å²) < 4.78 is 17.5.